The number of aryl methyl sites for hydroxylation is 1. The van der Waals surface area contributed by atoms with Crippen molar-refractivity contribution in [3.05, 3.63) is 46.1 Å². The van der Waals surface area contributed by atoms with Crippen LogP contribution in [0.25, 0.3) is 0 Å². The summed E-state index contributed by atoms with van der Waals surface area (Å²) in [5.41, 5.74) is 1.82. The fourth-order valence-electron chi connectivity index (χ4n) is 2.25. The maximum atomic E-state index is 12.4. The Labute approximate surface area is 139 Å². The van der Waals surface area contributed by atoms with E-state index in [2.05, 4.69) is 10.3 Å². The quantitative estimate of drug-likeness (QED) is 0.845. The first-order chi connectivity index (χ1) is 10.9. The van der Waals surface area contributed by atoms with Crippen molar-refractivity contribution in [1.82, 2.24) is 4.98 Å². The molecule has 5 nitrogen and oxygen atoms in total. The molecule has 0 atom stereocenters. The Balaban J connectivity index is 2.35. The van der Waals surface area contributed by atoms with Crippen molar-refractivity contribution in [2.75, 3.05) is 5.32 Å². The van der Waals surface area contributed by atoms with Crippen LogP contribution in [0.4, 0.5) is 5.00 Å². The van der Waals surface area contributed by atoms with Gasteiger partial charge in [-0.15, -0.1) is 11.3 Å². The molecule has 0 aliphatic heterocycles. The van der Waals surface area contributed by atoms with Gasteiger partial charge in [0.15, 0.2) is 0 Å². The monoisotopic (exact) mass is 332 g/mol. The lowest BCUT2D eigenvalue weighted by atomic mass is 10.1. The molecule has 0 aromatic carbocycles. The van der Waals surface area contributed by atoms with Gasteiger partial charge < -0.3 is 10.1 Å². The van der Waals surface area contributed by atoms with E-state index in [-0.39, 0.29) is 12.0 Å². The molecule has 1 amide bonds. The van der Waals surface area contributed by atoms with E-state index < -0.39 is 5.97 Å². The zero-order valence-electron chi connectivity index (χ0n) is 13.7. The summed E-state index contributed by atoms with van der Waals surface area (Å²) in [6.07, 6.45) is 3.58. The van der Waals surface area contributed by atoms with E-state index in [4.69, 9.17) is 4.74 Å². The minimum atomic E-state index is -0.400. The molecule has 0 unspecified atom stereocenters. The van der Waals surface area contributed by atoms with Crippen LogP contribution in [0.3, 0.4) is 0 Å². The van der Waals surface area contributed by atoms with E-state index in [9.17, 15) is 9.59 Å². The molecule has 0 saturated heterocycles. The number of nitrogens with zero attached hydrogens (tertiary/aromatic N) is 1. The molecule has 122 valence electrons. The van der Waals surface area contributed by atoms with Gasteiger partial charge in [-0.3, -0.25) is 9.78 Å². The molecule has 0 spiro atoms. The van der Waals surface area contributed by atoms with Crippen LogP contribution in [0, 0.1) is 6.92 Å². The summed E-state index contributed by atoms with van der Waals surface area (Å²) in [6, 6.07) is 3.37. The number of aromatic nitrogens is 1. The molecule has 1 N–H and O–H groups in total. The first-order valence-corrected chi connectivity index (χ1v) is 8.30. The minimum Gasteiger partial charge on any atom is -0.459 e. The lowest BCUT2D eigenvalue weighted by Gasteiger charge is -2.11. The minimum absolute atomic E-state index is 0.214. The smallest absolute Gasteiger partial charge is 0.341 e. The lowest BCUT2D eigenvalue weighted by Crippen LogP contribution is -2.17. The van der Waals surface area contributed by atoms with Crippen LogP contribution in [0.15, 0.2) is 24.5 Å². The van der Waals surface area contributed by atoms with Crippen LogP contribution in [0.1, 0.15) is 51.9 Å². The largest absolute Gasteiger partial charge is 0.459 e. The molecule has 0 aliphatic rings. The summed E-state index contributed by atoms with van der Waals surface area (Å²) in [5, 5.41) is 3.34. The SMILES string of the molecule is CCc1c(C)sc(NC(=O)c2cccnc2)c1C(=O)OC(C)C. The Bertz CT molecular complexity index is 708. The first kappa shape index (κ1) is 17.1. The van der Waals surface area contributed by atoms with Crippen LogP contribution in [-0.2, 0) is 11.2 Å². The number of ether oxygens (including phenoxy) is 1. The highest BCUT2D eigenvalue weighted by atomic mass is 32.1. The van der Waals surface area contributed by atoms with Crippen molar-refractivity contribution in [3.63, 3.8) is 0 Å². The summed E-state index contributed by atoms with van der Waals surface area (Å²) < 4.78 is 5.32. The second kappa shape index (κ2) is 7.37. The molecule has 0 fully saturated rings. The van der Waals surface area contributed by atoms with Crippen molar-refractivity contribution in [3.8, 4) is 0 Å². The van der Waals surface area contributed by atoms with Gasteiger partial charge in [-0.1, -0.05) is 6.92 Å². The fourth-order valence-corrected chi connectivity index (χ4v) is 3.38. The molecule has 0 radical (unpaired) electrons. The summed E-state index contributed by atoms with van der Waals surface area (Å²) in [5.74, 6) is -0.691. The second-order valence-corrected chi connectivity index (χ2v) is 6.57. The molecular weight excluding hydrogens is 312 g/mol. The highest BCUT2D eigenvalue weighted by Crippen LogP contribution is 2.34. The van der Waals surface area contributed by atoms with E-state index in [1.165, 1.54) is 17.5 Å². The summed E-state index contributed by atoms with van der Waals surface area (Å²) in [4.78, 5) is 29.7. The van der Waals surface area contributed by atoms with Crippen LogP contribution < -0.4 is 5.32 Å². The van der Waals surface area contributed by atoms with Gasteiger partial charge in [0.1, 0.15) is 5.00 Å². The summed E-state index contributed by atoms with van der Waals surface area (Å²) in [7, 11) is 0. The zero-order valence-corrected chi connectivity index (χ0v) is 14.5. The van der Waals surface area contributed by atoms with E-state index in [1.54, 1.807) is 32.2 Å². The number of anilines is 1. The Hall–Kier alpha value is -2.21. The molecule has 2 aromatic rings. The molecule has 23 heavy (non-hydrogen) atoms. The molecule has 0 saturated carbocycles. The molecule has 2 heterocycles. The molecule has 6 heteroatoms. The third-order valence-corrected chi connectivity index (χ3v) is 4.32. The van der Waals surface area contributed by atoms with Gasteiger partial charge in [0.2, 0.25) is 0 Å². The molecule has 2 rings (SSSR count). The number of esters is 1. The molecule has 2 aromatic heterocycles. The average molecular weight is 332 g/mol. The maximum absolute atomic E-state index is 12.4. The second-order valence-electron chi connectivity index (χ2n) is 5.34. The summed E-state index contributed by atoms with van der Waals surface area (Å²) in [6.45, 7) is 7.52. The first-order valence-electron chi connectivity index (χ1n) is 7.48. The van der Waals surface area contributed by atoms with Crippen molar-refractivity contribution in [2.24, 2.45) is 0 Å². The Morgan fingerprint density at radius 3 is 2.70 bits per heavy atom. The topological polar surface area (TPSA) is 68.3 Å². The number of carbonyl (C=O) groups is 2. The van der Waals surface area contributed by atoms with Gasteiger partial charge in [0, 0.05) is 17.3 Å². The van der Waals surface area contributed by atoms with E-state index in [0.29, 0.717) is 22.5 Å². The average Bonchev–Trinajstić information content (AvgIpc) is 2.82. The van der Waals surface area contributed by atoms with Gasteiger partial charge in [-0.25, -0.2) is 4.79 Å². The van der Waals surface area contributed by atoms with Gasteiger partial charge in [0.25, 0.3) is 5.91 Å². The highest BCUT2D eigenvalue weighted by molar-refractivity contribution is 7.16. The molecule has 0 aliphatic carbocycles. The van der Waals surface area contributed by atoms with E-state index in [1.807, 2.05) is 13.8 Å². The predicted octanol–water partition coefficient (Wildman–Crippen LogP) is 3.83. The number of amides is 1. The fraction of sp³-hybridized carbons (Fsp3) is 0.353. The number of hydrogen-bond acceptors (Lipinski definition) is 5. The van der Waals surface area contributed by atoms with Crippen LogP contribution >= 0.6 is 11.3 Å². The van der Waals surface area contributed by atoms with Gasteiger partial charge in [0.05, 0.1) is 17.2 Å². The number of carbonyl (C=O) groups excluding carboxylic acids is 2. The van der Waals surface area contributed by atoms with E-state index in [0.717, 1.165) is 10.4 Å². The Morgan fingerprint density at radius 1 is 1.39 bits per heavy atom. The Kier molecular flexibility index (Phi) is 5.50. The predicted molar refractivity (Wildman–Crippen MR) is 91.2 cm³/mol. The maximum Gasteiger partial charge on any atom is 0.341 e. The zero-order chi connectivity index (χ0) is 17.0. The van der Waals surface area contributed by atoms with Crippen molar-refractivity contribution in [1.29, 1.82) is 0 Å². The summed E-state index contributed by atoms with van der Waals surface area (Å²) >= 11 is 1.39. The van der Waals surface area contributed by atoms with Gasteiger partial charge in [-0.05, 0) is 44.9 Å². The third kappa shape index (κ3) is 3.96. The number of nitrogens with one attached hydrogen (secondary N) is 1. The van der Waals surface area contributed by atoms with Crippen molar-refractivity contribution in [2.45, 2.75) is 40.2 Å². The van der Waals surface area contributed by atoms with Gasteiger partial charge in [-0.2, -0.15) is 0 Å². The van der Waals surface area contributed by atoms with Crippen LogP contribution in [0.2, 0.25) is 0 Å². The van der Waals surface area contributed by atoms with Crippen LogP contribution in [0.5, 0.6) is 0 Å². The van der Waals surface area contributed by atoms with E-state index >= 15 is 0 Å². The lowest BCUT2D eigenvalue weighted by molar-refractivity contribution is 0.0378. The van der Waals surface area contributed by atoms with Crippen molar-refractivity contribution >= 4 is 28.2 Å². The number of pyridine rings is 1. The van der Waals surface area contributed by atoms with Crippen molar-refractivity contribution < 1.29 is 14.3 Å². The van der Waals surface area contributed by atoms with Gasteiger partial charge >= 0.3 is 5.97 Å². The molecular formula is C17H20N2O3S. The number of rotatable bonds is 5. The number of hydrogen-bond donors (Lipinski definition) is 1. The standard InChI is InChI=1S/C17H20N2O3S/c1-5-13-11(4)23-16(14(13)17(21)22-10(2)3)19-15(20)12-7-6-8-18-9-12/h6-10H,5H2,1-4H3,(H,19,20). The third-order valence-electron chi connectivity index (χ3n) is 3.26. The molecule has 0 bridgehead atoms. The highest BCUT2D eigenvalue weighted by Gasteiger charge is 2.24. The Morgan fingerprint density at radius 2 is 2.13 bits per heavy atom. The van der Waals surface area contributed by atoms with Crippen LogP contribution in [-0.4, -0.2) is 23.0 Å². The normalized spacial score (nSPS) is 10.7. The number of thiophene rings is 1.